The Labute approximate surface area is 469 Å². The zero-order valence-electron chi connectivity index (χ0n) is 44.8. The van der Waals surface area contributed by atoms with Gasteiger partial charge in [-0.2, -0.15) is 9.97 Å². The van der Waals surface area contributed by atoms with Gasteiger partial charge in [-0.1, -0.05) is 202 Å². The van der Waals surface area contributed by atoms with Crippen molar-refractivity contribution in [3.05, 3.63) is 282 Å². The molecule has 3 aliphatic rings. The lowest BCUT2D eigenvalue weighted by molar-refractivity contribution is 0.661. The second-order valence-corrected chi connectivity index (χ2v) is 22.7. The Bertz CT molecular complexity index is 4780. The van der Waals surface area contributed by atoms with E-state index in [1.807, 2.05) is 0 Å². The third kappa shape index (κ3) is 7.01. The van der Waals surface area contributed by atoms with Gasteiger partial charge < -0.3 is 4.90 Å². The minimum absolute atomic E-state index is 0.223. The van der Waals surface area contributed by atoms with Gasteiger partial charge in [-0.05, 0) is 173 Å². The predicted molar refractivity (Wildman–Crippen MR) is 334 cm³/mol. The van der Waals surface area contributed by atoms with E-state index < -0.39 is 0 Å². The number of nitrogens with zero attached hydrogens (tertiary/aromatic N) is 5. The smallest absolute Gasteiger partial charge is 0.238 e. The number of benzene rings is 12. The Morgan fingerprint density at radius 2 is 0.827 bits per heavy atom. The summed E-state index contributed by atoms with van der Waals surface area (Å²) < 4.78 is 2.30. The van der Waals surface area contributed by atoms with Gasteiger partial charge in [0.05, 0.1) is 11.0 Å². The number of hydrogen-bond acceptors (Lipinski definition) is 4. The molecule has 17 rings (SSSR count). The van der Waals surface area contributed by atoms with Crippen LogP contribution in [0.2, 0.25) is 0 Å². The van der Waals surface area contributed by atoms with E-state index in [2.05, 4.69) is 272 Å². The molecular formula is C76H51N5. The highest BCUT2D eigenvalue weighted by Gasteiger charge is 2.36. The lowest BCUT2D eigenvalue weighted by Gasteiger charge is -2.27. The van der Waals surface area contributed by atoms with Crippen molar-refractivity contribution in [3.8, 4) is 73.2 Å². The Hall–Kier alpha value is -10.2. The van der Waals surface area contributed by atoms with Crippen LogP contribution >= 0.6 is 0 Å². The molecule has 81 heavy (non-hydrogen) atoms. The summed E-state index contributed by atoms with van der Waals surface area (Å²) in [6, 6.07) is 91.4. The summed E-state index contributed by atoms with van der Waals surface area (Å²) in [6.45, 7) is 4.71. The average Bonchev–Trinajstić information content (AvgIpc) is 4.22. The number of anilines is 3. The maximum atomic E-state index is 5.52. The van der Waals surface area contributed by atoms with Crippen LogP contribution in [-0.4, -0.2) is 19.5 Å². The van der Waals surface area contributed by atoms with Gasteiger partial charge in [0.2, 0.25) is 5.95 Å². The molecule has 380 valence electrons. The van der Waals surface area contributed by atoms with Crippen LogP contribution in [0.25, 0.3) is 117 Å². The van der Waals surface area contributed by atoms with E-state index in [0.29, 0.717) is 17.6 Å². The van der Waals surface area contributed by atoms with Gasteiger partial charge in [0.25, 0.3) is 0 Å². The van der Waals surface area contributed by atoms with E-state index >= 15 is 0 Å². The molecule has 0 unspecified atom stereocenters. The minimum Gasteiger partial charge on any atom is -0.310 e. The van der Waals surface area contributed by atoms with Crippen molar-refractivity contribution in [1.82, 2.24) is 19.5 Å². The first-order valence-corrected chi connectivity index (χ1v) is 28.2. The third-order valence-corrected chi connectivity index (χ3v) is 17.9. The fourth-order valence-electron chi connectivity index (χ4n) is 13.9. The normalized spacial score (nSPS) is 13.3. The maximum absolute atomic E-state index is 5.52. The molecule has 0 saturated heterocycles. The monoisotopic (exact) mass is 1030 g/mol. The van der Waals surface area contributed by atoms with Crippen LogP contribution in [0.4, 0.5) is 17.1 Å². The van der Waals surface area contributed by atoms with E-state index in [-0.39, 0.29) is 5.41 Å². The molecule has 0 saturated carbocycles. The fraction of sp³-hybridized carbons (Fsp3) is 0.0658. The van der Waals surface area contributed by atoms with Crippen molar-refractivity contribution in [2.24, 2.45) is 0 Å². The van der Waals surface area contributed by atoms with Crippen LogP contribution < -0.4 is 4.90 Å². The van der Waals surface area contributed by atoms with Gasteiger partial charge in [0.15, 0.2) is 11.6 Å². The Balaban J connectivity index is 0.843. The van der Waals surface area contributed by atoms with E-state index in [1.54, 1.807) is 0 Å². The number of aromatic nitrogens is 4. The zero-order valence-corrected chi connectivity index (χ0v) is 44.8. The van der Waals surface area contributed by atoms with Crippen molar-refractivity contribution >= 4 is 60.4 Å². The van der Waals surface area contributed by atoms with Gasteiger partial charge in [0, 0.05) is 44.4 Å². The molecule has 0 spiro atoms. The molecule has 0 radical (unpaired) electrons. The molecule has 5 nitrogen and oxygen atoms in total. The van der Waals surface area contributed by atoms with E-state index in [1.165, 1.54) is 66.8 Å². The fourth-order valence-corrected chi connectivity index (χ4v) is 13.9. The molecule has 12 aromatic carbocycles. The highest BCUT2D eigenvalue weighted by atomic mass is 15.2. The van der Waals surface area contributed by atoms with E-state index in [9.17, 15) is 0 Å². The quantitative estimate of drug-likeness (QED) is 0.160. The lowest BCUT2D eigenvalue weighted by atomic mass is 9.82. The molecular weight excluding hydrogens is 983 g/mol. The van der Waals surface area contributed by atoms with Crippen molar-refractivity contribution in [2.45, 2.75) is 32.1 Å². The van der Waals surface area contributed by atoms with Crippen LogP contribution in [0, 0.1) is 0 Å². The molecule has 2 heterocycles. The average molecular weight is 1030 g/mol. The molecule has 0 atom stereocenters. The molecule has 14 aromatic rings. The van der Waals surface area contributed by atoms with Gasteiger partial charge in [-0.3, -0.25) is 4.57 Å². The van der Waals surface area contributed by atoms with Crippen LogP contribution in [0.5, 0.6) is 0 Å². The van der Waals surface area contributed by atoms with Crippen molar-refractivity contribution in [2.75, 3.05) is 4.90 Å². The largest absolute Gasteiger partial charge is 0.310 e. The molecule has 0 fully saturated rings. The molecule has 0 aliphatic heterocycles. The molecule has 0 N–H and O–H groups in total. The van der Waals surface area contributed by atoms with Crippen LogP contribution in [0.3, 0.4) is 0 Å². The summed E-state index contributed by atoms with van der Waals surface area (Å²) in [5.41, 5.74) is 25.5. The van der Waals surface area contributed by atoms with Crippen molar-refractivity contribution in [1.29, 1.82) is 0 Å². The summed E-state index contributed by atoms with van der Waals surface area (Å²) in [6.07, 6.45) is 1.86. The van der Waals surface area contributed by atoms with Gasteiger partial charge in [0.1, 0.15) is 0 Å². The van der Waals surface area contributed by atoms with E-state index in [0.717, 1.165) is 95.5 Å². The topological polar surface area (TPSA) is 46.8 Å². The standard InChI is InChI=1S/C76H51N5/c1-76(2)69-28-12-11-25-63(69)66-44-68-67-43-49(46-29-32-54(33-30-46)80(55-34-36-61-52(41-55)39-50-17-5-9-23-59(50)61)56-35-37-62-53(42-56)40-51-18-6-10-24-60(51)62)31-38-71(67)81(72(68)45-70(66)76)75-78-73(64-26-13-19-47-15-3-7-21-57(47)64)77-74(79-75)65-27-14-20-48-16-4-8-22-58(48)65/h3-38,41-45H,39-40H2,1-2H3. The first kappa shape index (κ1) is 45.8. The Morgan fingerprint density at radius 3 is 1.46 bits per heavy atom. The van der Waals surface area contributed by atoms with E-state index in [4.69, 9.17) is 15.0 Å². The summed E-state index contributed by atoms with van der Waals surface area (Å²) in [7, 11) is 0. The second kappa shape index (κ2) is 17.4. The number of hydrogen-bond donors (Lipinski definition) is 0. The summed E-state index contributed by atoms with van der Waals surface area (Å²) >= 11 is 0. The third-order valence-electron chi connectivity index (χ3n) is 17.9. The van der Waals surface area contributed by atoms with Crippen LogP contribution in [-0.2, 0) is 18.3 Å². The van der Waals surface area contributed by atoms with Gasteiger partial charge in [-0.15, -0.1) is 0 Å². The van der Waals surface area contributed by atoms with Crippen LogP contribution in [0.1, 0.15) is 47.2 Å². The SMILES string of the molecule is CC1(C)c2ccccc2-c2cc3c4cc(-c5ccc(N(c6ccc7c(c6)Cc6ccccc6-7)c6ccc7c(c6)Cc6ccccc6-7)cc5)ccc4n(-c4nc(-c5cccc6ccccc56)nc(-c5cccc6ccccc56)n4)c3cc21. The molecule has 3 aliphatic carbocycles. The lowest BCUT2D eigenvalue weighted by Crippen LogP contribution is -2.15. The maximum Gasteiger partial charge on any atom is 0.238 e. The second-order valence-electron chi connectivity index (χ2n) is 22.7. The first-order valence-electron chi connectivity index (χ1n) is 28.2. The number of rotatable bonds is 7. The zero-order chi connectivity index (χ0) is 53.5. The molecule has 5 heteroatoms. The van der Waals surface area contributed by atoms with Gasteiger partial charge >= 0.3 is 0 Å². The van der Waals surface area contributed by atoms with Gasteiger partial charge in [-0.25, -0.2) is 4.98 Å². The Morgan fingerprint density at radius 1 is 0.333 bits per heavy atom. The summed E-state index contributed by atoms with van der Waals surface area (Å²) in [5.74, 6) is 1.83. The molecule has 2 aromatic heterocycles. The molecule has 0 amide bonds. The molecule has 0 bridgehead atoms. The van der Waals surface area contributed by atoms with Crippen LogP contribution in [0.15, 0.2) is 249 Å². The highest BCUT2D eigenvalue weighted by molar-refractivity contribution is 6.13. The predicted octanol–water partition coefficient (Wildman–Crippen LogP) is 19.2. The Kier molecular flexibility index (Phi) is 9.82. The first-order chi connectivity index (χ1) is 39.9. The highest BCUT2D eigenvalue weighted by Crippen LogP contribution is 2.52. The summed E-state index contributed by atoms with van der Waals surface area (Å²) in [4.78, 5) is 18.9. The number of fused-ring (bicyclic) bond motifs is 14. The minimum atomic E-state index is -0.223. The van der Waals surface area contributed by atoms with Crippen molar-refractivity contribution < 1.29 is 0 Å². The summed E-state index contributed by atoms with van der Waals surface area (Å²) in [5, 5.41) is 6.74. The van der Waals surface area contributed by atoms with Crippen molar-refractivity contribution in [3.63, 3.8) is 0 Å².